The molecule has 0 aromatic heterocycles. The molecule has 4 heteroatoms. The van der Waals surface area contributed by atoms with E-state index < -0.39 is 0 Å². The Morgan fingerprint density at radius 2 is 1.85 bits per heavy atom. The Bertz CT molecular complexity index is 228. The van der Waals surface area contributed by atoms with Gasteiger partial charge in [-0.2, -0.15) is 0 Å². The van der Waals surface area contributed by atoms with E-state index in [2.05, 4.69) is 17.9 Å². The number of hydrogen-bond acceptors (Lipinski definition) is 3. The number of carbonyl (C=O) groups is 1. The van der Waals surface area contributed by atoms with Crippen LogP contribution >= 0.6 is 12.6 Å². The summed E-state index contributed by atoms with van der Waals surface area (Å²) in [5.41, 5.74) is 0.979. The Hall–Kier alpha value is -0.480. The van der Waals surface area contributed by atoms with Gasteiger partial charge in [-0.05, 0) is 13.8 Å². The van der Waals surface area contributed by atoms with E-state index in [4.69, 9.17) is 0 Å². The third-order valence-electron chi connectivity index (χ3n) is 2.08. The van der Waals surface area contributed by atoms with E-state index in [1.54, 1.807) is 0 Å². The van der Waals surface area contributed by atoms with Crippen molar-refractivity contribution >= 4 is 18.5 Å². The second kappa shape index (κ2) is 4.67. The Labute approximate surface area is 84.6 Å². The average molecular weight is 200 g/mol. The molecule has 1 aliphatic heterocycles. The Morgan fingerprint density at radius 1 is 1.31 bits per heavy atom. The molecule has 0 atom stereocenters. The fourth-order valence-electron chi connectivity index (χ4n) is 1.23. The number of nitrogens with one attached hydrogen (secondary N) is 1. The highest BCUT2D eigenvalue weighted by molar-refractivity contribution is 7.85. The van der Waals surface area contributed by atoms with Crippen molar-refractivity contribution in [2.24, 2.45) is 0 Å². The molecule has 0 unspecified atom stereocenters. The molecule has 1 amide bonds. The first-order valence-corrected chi connectivity index (χ1v) is 4.94. The van der Waals surface area contributed by atoms with Crippen LogP contribution in [0.5, 0.6) is 0 Å². The smallest absolute Gasteiger partial charge is 0.260 e. The monoisotopic (exact) mass is 200 g/mol. The third kappa shape index (κ3) is 2.74. The zero-order chi connectivity index (χ0) is 9.84. The lowest BCUT2D eigenvalue weighted by Gasteiger charge is -2.27. The van der Waals surface area contributed by atoms with Gasteiger partial charge >= 0.3 is 0 Å². The van der Waals surface area contributed by atoms with Crippen molar-refractivity contribution in [1.29, 1.82) is 0 Å². The van der Waals surface area contributed by atoms with Crippen LogP contribution in [0.2, 0.25) is 0 Å². The predicted molar refractivity (Wildman–Crippen MR) is 56.8 cm³/mol. The molecule has 0 aliphatic carbocycles. The van der Waals surface area contributed by atoms with Gasteiger partial charge in [-0.1, -0.05) is 5.57 Å². The van der Waals surface area contributed by atoms with E-state index in [-0.39, 0.29) is 5.91 Å². The summed E-state index contributed by atoms with van der Waals surface area (Å²) in [7, 11) is 0. The van der Waals surface area contributed by atoms with Crippen molar-refractivity contribution in [3.05, 3.63) is 10.5 Å². The van der Waals surface area contributed by atoms with Gasteiger partial charge in [-0.3, -0.25) is 4.79 Å². The molecule has 0 aromatic carbocycles. The first-order chi connectivity index (χ1) is 6.13. The second-order valence-electron chi connectivity index (χ2n) is 3.39. The Morgan fingerprint density at radius 3 is 2.31 bits per heavy atom. The molecule has 1 heterocycles. The Kier molecular flexibility index (Phi) is 3.81. The highest BCUT2D eigenvalue weighted by atomic mass is 32.1. The van der Waals surface area contributed by atoms with E-state index in [1.807, 2.05) is 18.7 Å². The van der Waals surface area contributed by atoms with Gasteiger partial charge in [-0.25, -0.2) is 0 Å². The lowest BCUT2D eigenvalue weighted by Crippen LogP contribution is -2.46. The molecule has 1 saturated heterocycles. The normalized spacial score (nSPS) is 17.0. The summed E-state index contributed by atoms with van der Waals surface area (Å²) in [5.74, 6) is 0.0600. The van der Waals surface area contributed by atoms with Crippen molar-refractivity contribution < 1.29 is 4.79 Å². The van der Waals surface area contributed by atoms with Crippen LogP contribution < -0.4 is 5.32 Å². The van der Waals surface area contributed by atoms with E-state index >= 15 is 0 Å². The molecule has 1 aliphatic rings. The van der Waals surface area contributed by atoms with Crippen molar-refractivity contribution in [3.8, 4) is 0 Å². The fraction of sp³-hybridized carbons (Fsp3) is 0.667. The molecule has 74 valence electrons. The maximum atomic E-state index is 11.7. The maximum Gasteiger partial charge on any atom is 0.260 e. The number of carbonyl (C=O) groups excluding carboxylic acids is 1. The predicted octanol–water partition coefficient (Wildman–Crippen LogP) is 0.642. The van der Waals surface area contributed by atoms with E-state index in [0.717, 1.165) is 31.8 Å². The highest BCUT2D eigenvalue weighted by Crippen LogP contribution is 2.12. The summed E-state index contributed by atoms with van der Waals surface area (Å²) < 4.78 is 0. The minimum Gasteiger partial charge on any atom is -0.336 e. The van der Waals surface area contributed by atoms with E-state index in [0.29, 0.717) is 4.91 Å². The van der Waals surface area contributed by atoms with Crippen LogP contribution in [0.15, 0.2) is 10.5 Å². The third-order valence-corrected chi connectivity index (χ3v) is 2.72. The zero-order valence-electron chi connectivity index (χ0n) is 8.13. The Balaban J connectivity index is 2.61. The fourth-order valence-corrected chi connectivity index (χ4v) is 1.37. The standard InChI is InChI=1S/C9H16N2OS/c1-7(2)8(13)9(12)11-5-3-10-4-6-11/h10,13H,3-6H2,1-2H3. The average Bonchev–Trinajstić information content (AvgIpc) is 2.17. The van der Waals surface area contributed by atoms with Crippen molar-refractivity contribution in [1.82, 2.24) is 10.2 Å². The van der Waals surface area contributed by atoms with Crippen LogP contribution in [-0.4, -0.2) is 37.0 Å². The molecule has 13 heavy (non-hydrogen) atoms. The first kappa shape index (κ1) is 10.6. The molecule has 0 radical (unpaired) electrons. The molecule has 3 nitrogen and oxygen atoms in total. The summed E-state index contributed by atoms with van der Waals surface area (Å²) in [6.45, 7) is 7.16. The van der Waals surface area contributed by atoms with Crippen LogP contribution in [0.1, 0.15) is 13.8 Å². The number of piperazine rings is 1. The van der Waals surface area contributed by atoms with Crippen LogP contribution in [0.4, 0.5) is 0 Å². The molecule has 1 fully saturated rings. The summed E-state index contributed by atoms with van der Waals surface area (Å²) in [6, 6.07) is 0. The molecular weight excluding hydrogens is 184 g/mol. The largest absolute Gasteiger partial charge is 0.336 e. The molecule has 0 aromatic rings. The maximum absolute atomic E-state index is 11.7. The molecule has 0 saturated carbocycles. The molecular formula is C9H16N2OS. The van der Waals surface area contributed by atoms with Gasteiger partial charge in [0.2, 0.25) is 0 Å². The van der Waals surface area contributed by atoms with Gasteiger partial charge in [0, 0.05) is 26.2 Å². The number of hydrogen-bond donors (Lipinski definition) is 2. The summed E-state index contributed by atoms with van der Waals surface area (Å²) in [5, 5.41) is 3.20. The summed E-state index contributed by atoms with van der Waals surface area (Å²) >= 11 is 4.20. The topological polar surface area (TPSA) is 32.3 Å². The van der Waals surface area contributed by atoms with Gasteiger partial charge < -0.3 is 10.2 Å². The zero-order valence-corrected chi connectivity index (χ0v) is 9.03. The quantitative estimate of drug-likeness (QED) is 0.481. The number of nitrogens with zero attached hydrogens (tertiary/aromatic N) is 1. The SMILES string of the molecule is CC(C)=C(S)C(=O)N1CCNCC1. The van der Waals surface area contributed by atoms with Gasteiger partial charge in [-0.15, -0.1) is 12.6 Å². The number of thiol groups is 1. The van der Waals surface area contributed by atoms with Gasteiger partial charge in [0.1, 0.15) is 0 Å². The highest BCUT2D eigenvalue weighted by Gasteiger charge is 2.18. The van der Waals surface area contributed by atoms with Gasteiger partial charge in [0.15, 0.2) is 0 Å². The summed E-state index contributed by atoms with van der Waals surface area (Å²) in [4.78, 5) is 14.1. The number of rotatable bonds is 1. The van der Waals surface area contributed by atoms with Gasteiger partial charge in [0.25, 0.3) is 5.91 Å². The molecule has 1 N–H and O–H groups in total. The van der Waals surface area contributed by atoms with Crippen LogP contribution in [-0.2, 0) is 4.79 Å². The first-order valence-electron chi connectivity index (χ1n) is 4.49. The molecule has 1 rings (SSSR count). The lowest BCUT2D eigenvalue weighted by atomic mass is 10.2. The van der Waals surface area contributed by atoms with E-state index in [9.17, 15) is 4.79 Å². The van der Waals surface area contributed by atoms with Crippen molar-refractivity contribution in [2.45, 2.75) is 13.8 Å². The van der Waals surface area contributed by atoms with E-state index in [1.165, 1.54) is 0 Å². The van der Waals surface area contributed by atoms with Crippen LogP contribution in [0.3, 0.4) is 0 Å². The minimum absolute atomic E-state index is 0.0600. The second-order valence-corrected chi connectivity index (χ2v) is 3.84. The minimum atomic E-state index is 0.0600. The van der Waals surface area contributed by atoms with Crippen LogP contribution in [0.25, 0.3) is 0 Å². The van der Waals surface area contributed by atoms with Gasteiger partial charge in [0.05, 0.1) is 4.91 Å². The van der Waals surface area contributed by atoms with Crippen LogP contribution in [0, 0.1) is 0 Å². The van der Waals surface area contributed by atoms with Crippen molar-refractivity contribution in [3.63, 3.8) is 0 Å². The molecule has 0 spiro atoms. The number of amides is 1. The molecule has 0 bridgehead atoms. The lowest BCUT2D eigenvalue weighted by molar-refractivity contribution is -0.126. The summed E-state index contributed by atoms with van der Waals surface area (Å²) in [6.07, 6.45) is 0. The number of allylic oxidation sites excluding steroid dienone is 1. The van der Waals surface area contributed by atoms with Crippen molar-refractivity contribution in [2.75, 3.05) is 26.2 Å².